The van der Waals surface area contributed by atoms with E-state index in [2.05, 4.69) is 49.2 Å². The molecule has 2 rings (SSSR count). The number of fused-ring (bicyclic) bond motifs is 1. The number of nitrogens with zero attached hydrogens (tertiary/aromatic N) is 1. The van der Waals surface area contributed by atoms with Crippen molar-refractivity contribution in [2.24, 2.45) is 0 Å². The van der Waals surface area contributed by atoms with Gasteiger partial charge in [0.2, 0.25) is 0 Å². The second-order valence-electron chi connectivity index (χ2n) is 5.25. The quantitative estimate of drug-likeness (QED) is 0.862. The molecule has 2 unspecified atom stereocenters. The number of hydrogen-bond donors (Lipinski definition) is 1. The van der Waals surface area contributed by atoms with Gasteiger partial charge in [-0.15, -0.1) is 0 Å². The number of anilines is 1. The highest BCUT2D eigenvalue weighted by atomic mass is 15.2. The predicted octanol–water partition coefficient (Wildman–Crippen LogP) is 2.74. The summed E-state index contributed by atoms with van der Waals surface area (Å²) in [5.74, 6) is 0. The molecule has 17 heavy (non-hydrogen) atoms. The summed E-state index contributed by atoms with van der Waals surface area (Å²) < 4.78 is 0. The van der Waals surface area contributed by atoms with Gasteiger partial charge < -0.3 is 10.2 Å². The van der Waals surface area contributed by atoms with E-state index in [-0.39, 0.29) is 0 Å². The highest BCUT2D eigenvalue weighted by Gasteiger charge is 2.24. The first-order chi connectivity index (χ1) is 8.13. The first-order valence-corrected chi connectivity index (χ1v) is 6.67. The van der Waals surface area contributed by atoms with Crippen molar-refractivity contribution in [3.63, 3.8) is 0 Å². The molecule has 0 fully saturated rings. The second-order valence-corrected chi connectivity index (χ2v) is 5.25. The molecule has 0 aromatic heterocycles. The summed E-state index contributed by atoms with van der Waals surface area (Å²) in [6.07, 6.45) is 2.51. The Morgan fingerprint density at radius 3 is 2.76 bits per heavy atom. The molecular weight excluding hydrogens is 208 g/mol. The van der Waals surface area contributed by atoms with E-state index in [1.165, 1.54) is 36.2 Å². The van der Waals surface area contributed by atoms with Gasteiger partial charge in [0.15, 0.2) is 0 Å². The summed E-state index contributed by atoms with van der Waals surface area (Å²) in [5.41, 5.74) is 4.34. The van der Waals surface area contributed by atoms with Crippen LogP contribution in [-0.2, 0) is 6.42 Å². The Bertz CT molecular complexity index is 387. The Morgan fingerprint density at radius 2 is 2.06 bits per heavy atom. The molecule has 0 spiro atoms. The number of benzene rings is 1. The molecule has 1 aromatic carbocycles. The normalized spacial score (nSPS) is 18.7. The van der Waals surface area contributed by atoms with Gasteiger partial charge >= 0.3 is 0 Å². The number of nitrogens with one attached hydrogen (secondary N) is 1. The first-order valence-electron chi connectivity index (χ1n) is 6.67. The number of rotatable bonds is 3. The van der Waals surface area contributed by atoms with Crippen molar-refractivity contribution in [2.45, 2.75) is 45.7 Å². The zero-order valence-electron chi connectivity index (χ0n) is 11.5. The second kappa shape index (κ2) is 5.09. The van der Waals surface area contributed by atoms with Crippen LogP contribution in [-0.4, -0.2) is 25.7 Å². The maximum absolute atomic E-state index is 3.36. The van der Waals surface area contributed by atoms with Crippen LogP contribution < -0.4 is 10.2 Å². The molecule has 0 amide bonds. The van der Waals surface area contributed by atoms with Crippen LogP contribution in [0.1, 0.15) is 31.4 Å². The standard InChI is InChI=1S/C15H24N2/c1-11-7-8-15-14(10-11)6-5-9-17(15)13(3)12(2)16-4/h7-8,10,12-13,16H,5-6,9H2,1-4H3. The fraction of sp³-hybridized carbons (Fsp3) is 0.600. The molecule has 1 aromatic rings. The molecule has 1 aliphatic heterocycles. The van der Waals surface area contributed by atoms with E-state index in [0.29, 0.717) is 12.1 Å². The molecule has 2 heteroatoms. The monoisotopic (exact) mass is 232 g/mol. The third kappa shape index (κ3) is 2.47. The van der Waals surface area contributed by atoms with Gasteiger partial charge in [-0.2, -0.15) is 0 Å². The number of likely N-dealkylation sites (N-methyl/N-ethyl adjacent to an activating group) is 1. The van der Waals surface area contributed by atoms with Gasteiger partial charge in [-0.1, -0.05) is 17.7 Å². The maximum Gasteiger partial charge on any atom is 0.0412 e. The summed E-state index contributed by atoms with van der Waals surface area (Å²) >= 11 is 0. The smallest absolute Gasteiger partial charge is 0.0412 e. The van der Waals surface area contributed by atoms with Crippen LogP contribution in [0.4, 0.5) is 5.69 Å². The van der Waals surface area contributed by atoms with Crippen molar-refractivity contribution in [2.75, 3.05) is 18.5 Å². The highest BCUT2D eigenvalue weighted by Crippen LogP contribution is 2.30. The molecule has 0 bridgehead atoms. The van der Waals surface area contributed by atoms with Crippen molar-refractivity contribution in [1.82, 2.24) is 5.32 Å². The molecule has 0 radical (unpaired) electrons. The van der Waals surface area contributed by atoms with E-state index >= 15 is 0 Å². The minimum atomic E-state index is 0.516. The van der Waals surface area contributed by atoms with Crippen molar-refractivity contribution < 1.29 is 0 Å². The molecule has 2 atom stereocenters. The molecule has 0 saturated heterocycles. The van der Waals surface area contributed by atoms with E-state index in [9.17, 15) is 0 Å². The summed E-state index contributed by atoms with van der Waals surface area (Å²) in [5, 5.41) is 3.36. The molecule has 0 aliphatic carbocycles. The Labute approximate surface area is 105 Å². The van der Waals surface area contributed by atoms with Gasteiger partial charge in [-0.25, -0.2) is 0 Å². The summed E-state index contributed by atoms with van der Waals surface area (Å²) in [7, 11) is 2.04. The lowest BCUT2D eigenvalue weighted by Crippen LogP contribution is -2.47. The van der Waals surface area contributed by atoms with Gasteiger partial charge in [0, 0.05) is 24.3 Å². The van der Waals surface area contributed by atoms with Crippen LogP contribution in [0.5, 0.6) is 0 Å². The maximum atomic E-state index is 3.36. The molecule has 94 valence electrons. The SMILES string of the molecule is CNC(C)C(C)N1CCCc2cc(C)ccc21. The van der Waals surface area contributed by atoms with Gasteiger partial charge in [-0.05, 0) is 52.3 Å². The lowest BCUT2D eigenvalue weighted by Gasteiger charge is -2.39. The lowest BCUT2D eigenvalue weighted by molar-refractivity contribution is 0.470. The minimum absolute atomic E-state index is 0.516. The van der Waals surface area contributed by atoms with E-state index in [0.717, 1.165) is 0 Å². The van der Waals surface area contributed by atoms with Crippen LogP contribution in [0, 0.1) is 6.92 Å². The Hall–Kier alpha value is -1.02. The van der Waals surface area contributed by atoms with E-state index in [1.807, 2.05) is 7.05 Å². The Balaban J connectivity index is 2.28. The number of hydrogen-bond acceptors (Lipinski definition) is 2. The van der Waals surface area contributed by atoms with E-state index in [4.69, 9.17) is 0 Å². The van der Waals surface area contributed by atoms with Gasteiger partial charge in [-0.3, -0.25) is 0 Å². The first kappa shape index (κ1) is 12.4. The van der Waals surface area contributed by atoms with Crippen molar-refractivity contribution in [3.05, 3.63) is 29.3 Å². The average Bonchev–Trinajstić information content (AvgIpc) is 2.35. The zero-order valence-corrected chi connectivity index (χ0v) is 11.5. The Morgan fingerprint density at radius 1 is 1.29 bits per heavy atom. The fourth-order valence-corrected chi connectivity index (χ4v) is 2.69. The average molecular weight is 232 g/mol. The number of aryl methyl sites for hydroxylation is 2. The van der Waals surface area contributed by atoms with Crippen molar-refractivity contribution in [1.29, 1.82) is 0 Å². The predicted molar refractivity (Wildman–Crippen MR) is 74.8 cm³/mol. The topological polar surface area (TPSA) is 15.3 Å². The fourth-order valence-electron chi connectivity index (χ4n) is 2.69. The van der Waals surface area contributed by atoms with E-state index < -0.39 is 0 Å². The molecule has 0 saturated carbocycles. The van der Waals surface area contributed by atoms with Crippen molar-refractivity contribution >= 4 is 5.69 Å². The van der Waals surface area contributed by atoms with Gasteiger partial charge in [0.1, 0.15) is 0 Å². The molecule has 1 aliphatic rings. The van der Waals surface area contributed by atoms with Crippen molar-refractivity contribution in [3.8, 4) is 0 Å². The summed E-state index contributed by atoms with van der Waals surface area (Å²) in [6, 6.07) is 7.93. The van der Waals surface area contributed by atoms with Crippen LogP contribution >= 0.6 is 0 Å². The van der Waals surface area contributed by atoms with Crippen LogP contribution in [0.25, 0.3) is 0 Å². The minimum Gasteiger partial charge on any atom is -0.367 e. The van der Waals surface area contributed by atoms with Gasteiger partial charge in [0.25, 0.3) is 0 Å². The largest absolute Gasteiger partial charge is 0.367 e. The molecule has 1 heterocycles. The van der Waals surface area contributed by atoms with Crippen LogP contribution in [0.2, 0.25) is 0 Å². The summed E-state index contributed by atoms with van der Waals surface area (Å²) in [4.78, 5) is 2.55. The highest BCUT2D eigenvalue weighted by molar-refractivity contribution is 5.57. The van der Waals surface area contributed by atoms with E-state index in [1.54, 1.807) is 0 Å². The van der Waals surface area contributed by atoms with Gasteiger partial charge in [0.05, 0.1) is 0 Å². The molecular formula is C15H24N2. The zero-order chi connectivity index (χ0) is 12.4. The van der Waals surface area contributed by atoms with Crippen LogP contribution in [0.15, 0.2) is 18.2 Å². The third-order valence-electron chi connectivity index (χ3n) is 4.06. The summed E-state index contributed by atoms with van der Waals surface area (Å²) in [6.45, 7) is 7.94. The van der Waals surface area contributed by atoms with Crippen LogP contribution in [0.3, 0.4) is 0 Å². The molecule has 2 nitrogen and oxygen atoms in total. The Kier molecular flexibility index (Phi) is 3.72. The lowest BCUT2D eigenvalue weighted by atomic mass is 9.97. The third-order valence-corrected chi connectivity index (χ3v) is 4.06. The molecule has 1 N–H and O–H groups in total.